The summed E-state index contributed by atoms with van der Waals surface area (Å²) in [6.07, 6.45) is 0. The van der Waals surface area contributed by atoms with Crippen LogP contribution in [-0.2, 0) is 10.0 Å². The zero-order chi connectivity index (χ0) is 12.3. The summed E-state index contributed by atoms with van der Waals surface area (Å²) in [5.41, 5.74) is 5.45. The Balaban J connectivity index is 0.00000256. The van der Waals surface area contributed by atoms with Crippen LogP contribution in [0.5, 0.6) is 0 Å². The van der Waals surface area contributed by atoms with Crippen LogP contribution in [0.4, 0.5) is 0 Å². The third kappa shape index (κ3) is 3.56. The summed E-state index contributed by atoms with van der Waals surface area (Å²) >= 11 is 5.86. The van der Waals surface area contributed by atoms with Gasteiger partial charge in [-0.05, 0) is 19.1 Å². The maximum absolute atomic E-state index is 12.1. The van der Waals surface area contributed by atoms with Gasteiger partial charge < -0.3 is 5.73 Å². The van der Waals surface area contributed by atoms with E-state index in [1.807, 2.05) is 0 Å². The number of likely N-dealkylation sites (N-methyl/N-ethyl adjacent to an activating group) is 1. The molecule has 2 N–H and O–H groups in total. The number of hydrogen-bond donors (Lipinski definition) is 1. The first kappa shape index (κ1) is 16.7. The largest absolute Gasteiger partial charge is 0.329 e. The van der Waals surface area contributed by atoms with E-state index >= 15 is 0 Å². The van der Waals surface area contributed by atoms with Gasteiger partial charge in [-0.1, -0.05) is 23.7 Å². The monoisotopic (exact) mass is 298 g/mol. The lowest BCUT2D eigenvalue weighted by atomic mass is 10.4. The van der Waals surface area contributed by atoms with Gasteiger partial charge >= 0.3 is 0 Å². The summed E-state index contributed by atoms with van der Waals surface area (Å²) in [6.45, 7) is 2.01. The lowest BCUT2D eigenvalue weighted by Crippen LogP contribution is -2.39. The molecule has 0 spiro atoms. The Bertz CT molecular complexity index is 465. The molecule has 0 aliphatic heterocycles. The Hall–Kier alpha value is -0.330. The van der Waals surface area contributed by atoms with Crippen molar-refractivity contribution >= 4 is 34.0 Å². The number of halogens is 2. The van der Waals surface area contributed by atoms with Gasteiger partial charge in [-0.25, -0.2) is 8.42 Å². The molecule has 1 aromatic carbocycles. The van der Waals surface area contributed by atoms with Crippen molar-refractivity contribution in [2.75, 3.05) is 13.6 Å². The quantitative estimate of drug-likeness (QED) is 0.921. The second-order valence-electron chi connectivity index (χ2n) is 3.54. The number of rotatable bonds is 4. The molecule has 0 fully saturated rings. The molecule has 0 aliphatic rings. The smallest absolute Gasteiger partial charge is 0.244 e. The molecule has 0 saturated heterocycles. The van der Waals surface area contributed by atoms with Gasteiger partial charge in [0, 0.05) is 19.6 Å². The first-order valence-corrected chi connectivity index (χ1v) is 6.65. The van der Waals surface area contributed by atoms with E-state index in [0.717, 1.165) is 0 Å². The van der Waals surface area contributed by atoms with E-state index < -0.39 is 10.0 Å². The lowest BCUT2D eigenvalue weighted by Gasteiger charge is -2.23. The molecule has 1 rings (SSSR count). The van der Waals surface area contributed by atoms with Crippen LogP contribution < -0.4 is 5.73 Å². The normalized spacial score (nSPS) is 13.2. The molecular weight excluding hydrogens is 283 g/mol. The van der Waals surface area contributed by atoms with Gasteiger partial charge in [0.2, 0.25) is 10.0 Å². The van der Waals surface area contributed by atoms with Crippen LogP contribution in [0.15, 0.2) is 29.2 Å². The van der Waals surface area contributed by atoms with E-state index in [4.69, 9.17) is 17.3 Å². The summed E-state index contributed by atoms with van der Waals surface area (Å²) in [5, 5.41) is 0.221. The maximum atomic E-state index is 12.1. The molecule has 4 nitrogen and oxygen atoms in total. The number of benzene rings is 1. The number of nitrogens with two attached hydrogens (primary N) is 1. The average molecular weight is 299 g/mol. The minimum atomic E-state index is -3.56. The van der Waals surface area contributed by atoms with Crippen molar-refractivity contribution in [3.05, 3.63) is 29.3 Å². The summed E-state index contributed by atoms with van der Waals surface area (Å²) in [4.78, 5) is 0.111. The molecule has 0 amide bonds. The highest BCUT2D eigenvalue weighted by molar-refractivity contribution is 7.89. The molecule has 0 heterocycles. The van der Waals surface area contributed by atoms with Crippen LogP contribution in [0.2, 0.25) is 5.02 Å². The van der Waals surface area contributed by atoms with Gasteiger partial charge in [-0.3, -0.25) is 0 Å². The summed E-state index contributed by atoms with van der Waals surface area (Å²) in [6, 6.07) is 6.10. The van der Waals surface area contributed by atoms with Crippen molar-refractivity contribution in [2.45, 2.75) is 17.9 Å². The van der Waals surface area contributed by atoms with Crippen molar-refractivity contribution < 1.29 is 8.42 Å². The van der Waals surface area contributed by atoms with Crippen LogP contribution in [0, 0.1) is 0 Å². The second kappa shape index (κ2) is 6.56. The minimum Gasteiger partial charge on any atom is -0.329 e. The molecule has 0 radical (unpaired) electrons. The molecule has 1 atom stereocenters. The Kier molecular flexibility index (Phi) is 6.43. The Morgan fingerprint density at radius 2 is 1.94 bits per heavy atom. The topological polar surface area (TPSA) is 63.4 Å². The summed E-state index contributed by atoms with van der Waals surface area (Å²) in [7, 11) is -2.06. The average Bonchev–Trinajstić information content (AvgIpc) is 2.27. The van der Waals surface area contributed by atoms with Gasteiger partial charge in [0.15, 0.2) is 0 Å². The van der Waals surface area contributed by atoms with Gasteiger partial charge in [0.1, 0.15) is 4.90 Å². The van der Waals surface area contributed by atoms with Gasteiger partial charge in [0.05, 0.1) is 5.02 Å². The second-order valence-corrected chi connectivity index (χ2v) is 5.91. The number of sulfonamides is 1. The Morgan fingerprint density at radius 3 is 2.41 bits per heavy atom. The van der Waals surface area contributed by atoms with E-state index in [1.165, 1.54) is 17.4 Å². The van der Waals surface area contributed by atoms with Crippen LogP contribution in [-0.4, -0.2) is 32.4 Å². The zero-order valence-corrected chi connectivity index (χ0v) is 12.0. The van der Waals surface area contributed by atoms with Crippen LogP contribution in [0.1, 0.15) is 6.92 Å². The van der Waals surface area contributed by atoms with Crippen molar-refractivity contribution in [3.8, 4) is 0 Å². The molecule has 17 heavy (non-hydrogen) atoms. The van der Waals surface area contributed by atoms with Crippen molar-refractivity contribution in [2.24, 2.45) is 5.73 Å². The van der Waals surface area contributed by atoms with E-state index in [9.17, 15) is 8.42 Å². The molecule has 7 heteroatoms. The summed E-state index contributed by atoms with van der Waals surface area (Å²) in [5.74, 6) is 0. The fourth-order valence-corrected chi connectivity index (χ4v) is 3.06. The molecule has 0 aliphatic carbocycles. The molecule has 0 bridgehead atoms. The SMILES string of the molecule is CC(CN)N(C)S(=O)(=O)c1ccccc1Cl.Cl. The highest BCUT2D eigenvalue weighted by Crippen LogP contribution is 2.24. The highest BCUT2D eigenvalue weighted by Gasteiger charge is 2.26. The molecule has 0 aromatic heterocycles. The highest BCUT2D eigenvalue weighted by atomic mass is 35.5. The standard InChI is InChI=1S/C10H15ClN2O2S.ClH/c1-8(7-12)13(2)16(14,15)10-6-4-3-5-9(10)11;/h3-6,8H,7,12H2,1-2H3;1H. The predicted molar refractivity (Wildman–Crippen MR) is 72.2 cm³/mol. The van der Waals surface area contributed by atoms with E-state index in [0.29, 0.717) is 0 Å². The summed E-state index contributed by atoms with van der Waals surface area (Å²) < 4.78 is 25.5. The van der Waals surface area contributed by atoms with E-state index in [2.05, 4.69) is 0 Å². The lowest BCUT2D eigenvalue weighted by molar-refractivity contribution is 0.394. The third-order valence-electron chi connectivity index (χ3n) is 2.46. The molecular formula is C10H16Cl2N2O2S. The van der Waals surface area contributed by atoms with Gasteiger partial charge in [-0.15, -0.1) is 12.4 Å². The number of nitrogens with zero attached hydrogens (tertiary/aromatic N) is 1. The maximum Gasteiger partial charge on any atom is 0.244 e. The Labute approximate surface area is 113 Å². The molecule has 1 aromatic rings. The Morgan fingerprint density at radius 1 is 1.41 bits per heavy atom. The van der Waals surface area contributed by atoms with Crippen LogP contribution in [0.25, 0.3) is 0 Å². The fourth-order valence-electron chi connectivity index (χ4n) is 1.19. The number of hydrogen-bond acceptors (Lipinski definition) is 3. The first-order chi connectivity index (χ1) is 7.41. The minimum absolute atomic E-state index is 0. The van der Waals surface area contributed by atoms with E-state index in [-0.39, 0.29) is 34.9 Å². The van der Waals surface area contributed by atoms with E-state index in [1.54, 1.807) is 25.1 Å². The fraction of sp³-hybridized carbons (Fsp3) is 0.400. The van der Waals surface area contributed by atoms with Gasteiger partial charge in [0.25, 0.3) is 0 Å². The predicted octanol–water partition coefficient (Wildman–Crippen LogP) is 1.73. The van der Waals surface area contributed by atoms with Crippen molar-refractivity contribution in [3.63, 3.8) is 0 Å². The first-order valence-electron chi connectivity index (χ1n) is 4.84. The van der Waals surface area contributed by atoms with Crippen molar-refractivity contribution in [1.82, 2.24) is 4.31 Å². The molecule has 98 valence electrons. The van der Waals surface area contributed by atoms with Crippen LogP contribution in [0.3, 0.4) is 0 Å². The van der Waals surface area contributed by atoms with Gasteiger partial charge in [-0.2, -0.15) is 4.31 Å². The third-order valence-corrected chi connectivity index (χ3v) is 4.93. The molecule has 0 saturated carbocycles. The zero-order valence-electron chi connectivity index (χ0n) is 9.63. The molecule has 1 unspecified atom stereocenters. The van der Waals surface area contributed by atoms with Crippen molar-refractivity contribution in [1.29, 1.82) is 0 Å². The van der Waals surface area contributed by atoms with Crippen LogP contribution >= 0.6 is 24.0 Å².